The van der Waals surface area contributed by atoms with Gasteiger partial charge >= 0.3 is 0 Å². The second kappa shape index (κ2) is 9.01. The summed E-state index contributed by atoms with van der Waals surface area (Å²) in [5, 5.41) is 3.45. The van der Waals surface area contributed by atoms with Crippen molar-refractivity contribution in [3.8, 4) is 11.5 Å². The highest BCUT2D eigenvalue weighted by Crippen LogP contribution is 2.35. The van der Waals surface area contributed by atoms with E-state index in [2.05, 4.69) is 16.3 Å². The molecule has 26 heavy (non-hydrogen) atoms. The van der Waals surface area contributed by atoms with Crippen LogP contribution in [0.5, 0.6) is 11.5 Å². The van der Waals surface area contributed by atoms with Crippen molar-refractivity contribution in [3.05, 3.63) is 59.4 Å². The lowest BCUT2D eigenvalue weighted by atomic mass is 9.96. The quantitative estimate of drug-likeness (QED) is 0.855. The van der Waals surface area contributed by atoms with Gasteiger partial charge in [0.05, 0.1) is 19.8 Å². The molecule has 0 amide bonds. The highest BCUT2D eigenvalue weighted by molar-refractivity contribution is 5.46. The van der Waals surface area contributed by atoms with Crippen molar-refractivity contribution >= 4 is 0 Å². The van der Waals surface area contributed by atoms with Gasteiger partial charge in [0.25, 0.3) is 0 Å². The lowest BCUT2D eigenvalue weighted by Crippen LogP contribution is -2.33. The molecule has 0 aliphatic carbocycles. The number of ether oxygens (including phenoxy) is 2. The molecule has 1 aliphatic rings. The summed E-state index contributed by atoms with van der Waals surface area (Å²) in [5.74, 6) is 1.26. The molecule has 5 heteroatoms. The number of hydrogen-bond donors (Lipinski definition) is 1. The first-order valence-electron chi connectivity index (χ1n) is 9.24. The van der Waals surface area contributed by atoms with Gasteiger partial charge in [0.2, 0.25) is 0 Å². The molecular formula is C21H27FN2O2. The van der Waals surface area contributed by atoms with Crippen LogP contribution in [0.25, 0.3) is 0 Å². The molecule has 0 spiro atoms. The molecule has 0 aromatic heterocycles. The molecule has 4 nitrogen and oxygen atoms in total. The third kappa shape index (κ3) is 4.34. The number of hydrogen-bond acceptors (Lipinski definition) is 4. The molecule has 1 atom stereocenters. The van der Waals surface area contributed by atoms with Gasteiger partial charge in [0, 0.05) is 19.6 Å². The van der Waals surface area contributed by atoms with Crippen LogP contribution in [-0.2, 0) is 0 Å². The van der Waals surface area contributed by atoms with Crippen LogP contribution in [-0.4, -0.2) is 44.8 Å². The summed E-state index contributed by atoms with van der Waals surface area (Å²) in [4.78, 5) is 2.45. The Morgan fingerprint density at radius 3 is 2.54 bits per heavy atom. The third-order valence-electron chi connectivity index (χ3n) is 4.73. The average Bonchev–Trinajstić information content (AvgIpc) is 2.94. The van der Waals surface area contributed by atoms with E-state index in [1.807, 2.05) is 31.2 Å². The lowest BCUT2D eigenvalue weighted by molar-refractivity contribution is 0.240. The van der Waals surface area contributed by atoms with Gasteiger partial charge < -0.3 is 14.8 Å². The van der Waals surface area contributed by atoms with Crippen LogP contribution in [0.3, 0.4) is 0 Å². The standard InChI is InChI=1S/C21H27FN2O2/c1-3-26-19-10-7-17(15-20(19)25-2)21(16-5-8-18(22)9-6-16)24-13-4-11-23-12-14-24/h5-10,15,21,23H,3-4,11-14H2,1-2H3. The first-order chi connectivity index (χ1) is 12.7. The number of nitrogens with one attached hydrogen (secondary N) is 1. The summed E-state index contributed by atoms with van der Waals surface area (Å²) < 4.78 is 24.6. The minimum atomic E-state index is -0.214. The van der Waals surface area contributed by atoms with Crippen molar-refractivity contribution in [1.82, 2.24) is 10.2 Å². The Hall–Kier alpha value is -2.11. The van der Waals surface area contributed by atoms with Gasteiger partial charge in [-0.2, -0.15) is 0 Å². The Balaban J connectivity index is 2.00. The zero-order chi connectivity index (χ0) is 18.4. The van der Waals surface area contributed by atoms with Gasteiger partial charge in [0.1, 0.15) is 5.82 Å². The highest BCUT2D eigenvalue weighted by Gasteiger charge is 2.24. The van der Waals surface area contributed by atoms with Gasteiger partial charge in [-0.15, -0.1) is 0 Å². The first kappa shape index (κ1) is 18.7. The zero-order valence-corrected chi connectivity index (χ0v) is 15.5. The van der Waals surface area contributed by atoms with Crippen LogP contribution < -0.4 is 14.8 Å². The number of benzene rings is 2. The van der Waals surface area contributed by atoms with Crippen LogP contribution >= 0.6 is 0 Å². The van der Waals surface area contributed by atoms with E-state index < -0.39 is 0 Å². The van der Waals surface area contributed by atoms with E-state index in [9.17, 15) is 4.39 Å². The summed E-state index contributed by atoms with van der Waals surface area (Å²) in [7, 11) is 1.66. The topological polar surface area (TPSA) is 33.7 Å². The fourth-order valence-electron chi connectivity index (χ4n) is 3.51. The van der Waals surface area contributed by atoms with Crippen molar-refractivity contribution in [3.63, 3.8) is 0 Å². The van der Waals surface area contributed by atoms with Crippen LogP contribution in [0.4, 0.5) is 4.39 Å². The molecule has 0 bridgehead atoms. The molecule has 1 heterocycles. The number of halogens is 1. The molecule has 1 fully saturated rings. The summed E-state index contributed by atoms with van der Waals surface area (Å²) in [6.45, 7) is 6.46. The Kier molecular flexibility index (Phi) is 6.47. The maximum atomic E-state index is 13.5. The summed E-state index contributed by atoms with van der Waals surface area (Å²) >= 11 is 0. The monoisotopic (exact) mass is 358 g/mol. The first-order valence-corrected chi connectivity index (χ1v) is 9.24. The number of rotatable bonds is 6. The van der Waals surface area contributed by atoms with Crippen molar-refractivity contribution in [2.24, 2.45) is 0 Å². The number of methoxy groups -OCH3 is 1. The van der Waals surface area contributed by atoms with Crippen LogP contribution in [0, 0.1) is 5.82 Å². The van der Waals surface area contributed by atoms with E-state index in [1.165, 1.54) is 12.1 Å². The van der Waals surface area contributed by atoms with Gasteiger partial charge in [-0.25, -0.2) is 4.39 Å². The molecule has 1 unspecified atom stereocenters. The second-order valence-corrected chi connectivity index (χ2v) is 6.44. The molecule has 1 aliphatic heterocycles. The van der Waals surface area contributed by atoms with Gasteiger partial charge in [-0.3, -0.25) is 4.90 Å². The summed E-state index contributed by atoms with van der Waals surface area (Å²) in [6.07, 6.45) is 1.09. The Labute approximate surface area is 154 Å². The fourth-order valence-corrected chi connectivity index (χ4v) is 3.51. The predicted molar refractivity (Wildman–Crippen MR) is 101 cm³/mol. The van der Waals surface area contributed by atoms with Crippen molar-refractivity contribution in [2.45, 2.75) is 19.4 Å². The van der Waals surface area contributed by atoms with Crippen LogP contribution in [0.15, 0.2) is 42.5 Å². The molecule has 140 valence electrons. The van der Waals surface area contributed by atoms with E-state index in [4.69, 9.17) is 9.47 Å². The van der Waals surface area contributed by atoms with Crippen molar-refractivity contribution in [2.75, 3.05) is 39.9 Å². The zero-order valence-electron chi connectivity index (χ0n) is 15.5. The van der Waals surface area contributed by atoms with E-state index in [0.717, 1.165) is 55.2 Å². The van der Waals surface area contributed by atoms with E-state index in [-0.39, 0.29) is 11.9 Å². The molecule has 0 radical (unpaired) electrons. The Bertz CT molecular complexity index is 698. The van der Waals surface area contributed by atoms with Gasteiger partial charge in [-0.1, -0.05) is 18.2 Å². The maximum absolute atomic E-state index is 13.5. The smallest absolute Gasteiger partial charge is 0.161 e. The summed E-state index contributed by atoms with van der Waals surface area (Å²) in [6, 6.07) is 13.0. The SMILES string of the molecule is CCOc1ccc(C(c2ccc(F)cc2)N2CCCNCC2)cc1OC. The number of nitrogens with zero attached hydrogens (tertiary/aromatic N) is 1. The van der Waals surface area contributed by atoms with Crippen molar-refractivity contribution < 1.29 is 13.9 Å². The molecular weight excluding hydrogens is 331 g/mol. The maximum Gasteiger partial charge on any atom is 0.161 e. The van der Waals surface area contributed by atoms with Crippen LogP contribution in [0.2, 0.25) is 0 Å². The van der Waals surface area contributed by atoms with Crippen LogP contribution in [0.1, 0.15) is 30.5 Å². The molecule has 0 saturated carbocycles. The fraction of sp³-hybridized carbons (Fsp3) is 0.429. The molecule has 1 N–H and O–H groups in total. The van der Waals surface area contributed by atoms with E-state index in [0.29, 0.717) is 6.61 Å². The normalized spacial score (nSPS) is 16.7. The van der Waals surface area contributed by atoms with E-state index in [1.54, 1.807) is 7.11 Å². The lowest BCUT2D eigenvalue weighted by Gasteiger charge is -2.31. The predicted octanol–water partition coefficient (Wildman–Crippen LogP) is 3.62. The van der Waals surface area contributed by atoms with Crippen molar-refractivity contribution in [1.29, 1.82) is 0 Å². The largest absolute Gasteiger partial charge is 0.493 e. The van der Waals surface area contributed by atoms with Gasteiger partial charge in [-0.05, 0) is 55.3 Å². The molecule has 2 aromatic carbocycles. The Morgan fingerprint density at radius 1 is 1.04 bits per heavy atom. The molecule has 1 saturated heterocycles. The molecule has 2 aromatic rings. The van der Waals surface area contributed by atoms with E-state index >= 15 is 0 Å². The highest BCUT2D eigenvalue weighted by atomic mass is 19.1. The Morgan fingerprint density at radius 2 is 1.81 bits per heavy atom. The average molecular weight is 358 g/mol. The summed E-state index contributed by atoms with van der Waals surface area (Å²) in [5.41, 5.74) is 2.21. The second-order valence-electron chi connectivity index (χ2n) is 6.44. The minimum Gasteiger partial charge on any atom is -0.493 e. The third-order valence-corrected chi connectivity index (χ3v) is 4.73. The van der Waals surface area contributed by atoms with Gasteiger partial charge in [0.15, 0.2) is 11.5 Å². The molecule has 3 rings (SSSR count). The minimum absolute atomic E-state index is 0.0556.